The van der Waals surface area contributed by atoms with Crippen LogP contribution in [0.4, 0.5) is 5.69 Å². The zero-order valence-electron chi connectivity index (χ0n) is 8.72. The molecule has 0 aliphatic carbocycles. The van der Waals surface area contributed by atoms with Crippen LogP contribution in [0.5, 0.6) is 0 Å². The number of hydrogen-bond acceptors (Lipinski definition) is 2. The minimum Gasteiger partial charge on any atom is -0.384 e. The number of hydrogen-bond donors (Lipinski definition) is 2. The summed E-state index contributed by atoms with van der Waals surface area (Å²) in [7, 11) is 0. The molecule has 1 aliphatic heterocycles. The van der Waals surface area contributed by atoms with E-state index in [2.05, 4.69) is 30.4 Å². The predicted octanol–water partition coefficient (Wildman–Crippen LogP) is 2.24. The fourth-order valence-electron chi connectivity index (χ4n) is 2.15. The lowest BCUT2D eigenvalue weighted by Crippen LogP contribution is -2.06. The van der Waals surface area contributed by atoms with Crippen LogP contribution in [0.2, 0.25) is 0 Å². The number of anilines is 1. The van der Waals surface area contributed by atoms with Gasteiger partial charge in [-0.05, 0) is 37.9 Å². The van der Waals surface area contributed by atoms with Gasteiger partial charge in [0.25, 0.3) is 0 Å². The molecule has 1 aromatic rings. The minimum absolute atomic E-state index is 0.674. The summed E-state index contributed by atoms with van der Waals surface area (Å²) in [6.07, 6.45) is 2.33. The molecule has 0 radical (unpaired) electrons. The highest BCUT2D eigenvalue weighted by atomic mass is 14.9. The maximum atomic E-state index is 5.54. The molecule has 14 heavy (non-hydrogen) atoms. The fourth-order valence-corrected chi connectivity index (χ4v) is 2.15. The Hall–Kier alpha value is -1.02. The Morgan fingerprint density at radius 1 is 1.50 bits per heavy atom. The van der Waals surface area contributed by atoms with Crippen LogP contribution in [0.25, 0.3) is 0 Å². The van der Waals surface area contributed by atoms with Crippen LogP contribution in [0.1, 0.15) is 29.9 Å². The molecule has 76 valence electrons. The second kappa shape index (κ2) is 4.01. The molecule has 0 saturated heterocycles. The molecule has 0 amide bonds. The van der Waals surface area contributed by atoms with Crippen LogP contribution >= 0.6 is 0 Å². The van der Waals surface area contributed by atoms with E-state index in [1.54, 1.807) is 0 Å². The van der Waals surface area contributed by atoms with Crippen molar-refractivity contribution < 1.29 is 0 Å². The molecule has 0 spiro atoms. The summed E-state index contributed by atoms with van der Waals surface area (Å²) in [5.74, 6) is 0.674. The molecule has 0 bridgehead atoms. The van der Waals surface area contributed by atoms with Gasteiger partial charge in [-0.15, -0.1) is 0 Å². The van der Waals surface area contributed by atoms with Crippen LogP contribution in [-0.2, 0) is 0 Å². The third kappa shape index (κ3) is 1.75. The second-order valence-electron chi connectivity index (χ2n) is 4.10. The van der Waals surface area contributed by atoms with Gasteiger partial charge in [0.2, 0.25) is 0 Å². The zero-order chi connectivity index (χ0) is 9.97. The lowest BCUT2D eigenvalue weighted by molar-refractivity contribution is 0.637. The lowest BCUT2D eigenvalue weighted by Gasteiger charge is -2.09. The highest BCUT2D eigenvalue weighted by molar-refractivity contribution is 5.58. The monoisotopic (exact) mass is 190 g/mol. The van der Waals surface area contributed by atoms with Crippen molar-refractivity contribution in [3.8, 4) is 0 Å². The molecule has 1 unspecified atom stereocenters. The van der Waals surface area contributed by atoms with Crippen LogP contribution in [0, 0.1) is 6.92 Å². The first-order valence-electron chi connectivity index (χ1n) is 5.36. The normalized spacial score (nSPS) is 19.1. The van der Waals surface area contributed by atoms with Gasteiger partial charge in [0.15, 0.2) is 0 Å². The lowest BCUT2D eigenvalue weighted by atomic mass is 9.95. The molecule has 2 heteroatoms. The van der Waals surface area contributed by atoms with Gasteiger partial charge in [0.1, 0.15) is 0 Å². The second-order valence-corrected chi connectivity index (χ2v) is 4.10. The Labute approximate surface area is 85.5 Å². The molecule has 0 aromatic heterocycles. The average molecular weight is 190 g/mol. The van der Waals surface area contributed by atoms with Crippen molar-refractivity contribution in [2.75, 3.05) is 18.4 Å². The van der Waals surface area contributed by atoms with Gasteiger partial charge in [-0.25, -0.2) is 0 Å². The summed E-state index contributed by atoms with van der Waals surface area (Å²) in [4.78, 5) is 0. The van der Waals surface area contributed by atoms with Gasteiger partial charge < -0.3 is 11.1 Å². The molecule has 1 heterocycles. The van der Waals surface area contributed by atoms with Crippen molar-refractivity contribution in [3.63, 3.8) is 0 Å². The molecular weight excluding hydrogens is 172 g/mol. The summed E-state index contributed by atoms with van der Waals surface area (Å²) in [6.45, 7) is 4.04. The van der Waals surface area contributed by atoms with Crippen LogP contribution < -0.4 is 11.1 Å². The molecule has 0 fully saturated rings. The first kappa shape index (κ1) is 9.53. The van der Waals surface area contributed by atoms with Gasteiger partial charge in [-0.3, -0.25) is 0 Å². The third-order valence-electron chi connectivity index (χ3n) is 2.94. The van der Waals surface area contributed by atoms with Crippen LogP contribution in [-0.4, -0.2) is 13.1 Å². The minimum atomic E-state index is 0.674. The number of fused-ring (bicyclic) bond motifs is 1. The smallest absolute Gasteiger partial charge is 0.0376 e. The van der Waals surface area contributed by atoms with E-state index in [4.69, 9.17) is 5.73 Å². The molecule has 2 nitrogen and oxygen atoms in total. The van der Waals surface area contributed by atoms with E-state index in [0.29, 0.717) is 5.92 Å². The van der Waals surface area contributed by atoms with Crippen LogP contribution in [0.3, 0.4) is 0 Å². The Morgan fingerprint density at radius 3 is 3.14 bits per heavy atom. The molecule has 0 saturated carbocycles. The van der Waals surface area contributed by atoms with Crippen molar-refractivity contribution in [2.24, 2.45) is 5.73 Å². The van der Waals surface area contributed by atoms with E-state index < -0.39 is 0 Å². The zero-order valence-corrected chi connectivity index (χ0v) is 8.72. The first-order valence-corrected chi connectivity index (χ1v) is 5.36. The molecule has 1 atom stereocenters. The quantitative estimate of drug-likeness (QED) is 0.767. The molecule has 1 aromatic carbocycles. The number of nitrogens with one attached hydrogen (secondary N) is 1. The Morgan fingerprint density at radius 2 is 2.36 bits per heavy atom. The van der Waals surface area contributed by atoms with Crippen molar-refractivity contribution in [1.29, 1.82) is 0 Å². The summed E-state index contributed by atoms with van der Waals surface area (Å²) < 4.78 is 0. The number of nitrogens with two attached hydrogens (primary N) is 1. The molecule has 2 rings (SSSR count). The predicted molar refractivity (Wildman–Crippen MR) is 60.7 cm³/mol. The first-order chi connectivity index (χ1) is 6.81. The topological polar surface area (TPSA) is 38.0 Å². The third-order valence-corrected chi connectivity index (χ3v) is 2.94. The van der Waals surface area contributed by atoms with E-state index >= 15 is 0 Å². The number of rotatable bonds is 3. The average Bonchev–Trinajstić information content (AvgIpc) is 2.57. The van der Waals surface area contributed by atoms with Gasteiger partial charge in [-0.2, -0.15) is 0 Å². The van der Waals surface area contributed by atoms with Crippen molar-refractivity contribution >= 4 is 5.69 Å². The van der Waals surface area contributed by atoms with Crippen LogP contribution in [0.15, 0.2) is 18.2 Å². The van der Waals surface area contributed by atoms with Gasteiger partial charge >= 0.3 is 0 Å². The largest absolute Gasteiger partial charge is 0.384 e. The number of aryl methyl sites for hydroxylation is 1. The fraction of sp³-hybridized carbons (Fsp3) is 0.500. The van der Waals surface area contributed by atoms with E-state index in [1.165, 1.54) is 23.2 Å². The van der Waals surface area contributed by atoms with Gasteiger partial charge in [0.05, 0.1) is 0 Å². The molecule has 1 aliphatic rings. The van der Waals surface area contributed by atoms with E-state index in [9.17, 15) is 0 Å². The Kier molecular flexibility index (Phi) is 2.73. The molecule has 3 N–H and O–H groups in total. The Balaban J connectivity index is 2.16. The summed E-state index contributed by atoms with van der Waals surface area (Å²) in [5, 5.41) is 3.45. The van der Waals surface area contributed by atoms with Gasteiger partial charge in [-0.1, -0.05) is 17.7 Å². The van der Waals surface area contributed by atoms with E-state index in [-0.39, 0.29) is 0 Å². The van der Waals surface area contributed by atoms with E-state index in [0.717, 1.165) is 19.5 Å². The van der Waals surface area contributed by atoms with Crippen molar-refractivity contribution in [1.82, 2.24) is 0 Å². The maximum Gasteiger partial charge on any atom is 0.0376 e. The van der Waals surface area contributed by atoms with E-state index in [1.807, 2.05) is 0 Å². The maximum absolute atomic E-state index is 5.54. The van der Waals surface area contributed by atoms with Crippen molar-refractivity contribution in [3.05, 3.63) is 29.3 Å². The standard InChI is InChI=1S/C12H18N2/c1-9-4-5-12-11(7-9)10(8-14-12)3-2-6-13/h4-5,7,10,14H,2-3,6,8,13H2,1H3. The SMILES string of the molecule is Cc1ccc2c(c1)C(CCCN)CN2. The summed E-state index contributed by atoms with van der Waals surface area (Å²) >= 11 is 0. The number of benzene rings is 1. The molecular formula is C12H18N2. The van der Waals surface area contributed by atoms with Gasteiger partial charge in [0, 0.05) is 18.2 Å². The van der Waals surface area contributed by atoms with Crippen molar-refractivity contribution in [2.45, 2.75) is 25.7 Å². The Bertz CT molecular complexity index is 320. The summed E-state index contributed by atoms with van der Waals surface area (Å²) in [6, 6.07) is 6.65. The summed E-state index contributed by atoms with van der Waals surface area (Å²) in [5.41, 5.74) is 9.69. The highest BCUT2D eigenvalue weighted by Crippen LogP contribution is 2.34. The highest BCUT2D eigenvalue weighted by Gasteiger charge is 2.20.